The van der Waals surface area contributed by atoms with E-state index < -0.39 is 35.1 Å². The summed E-state index contributed by atoms with van der Waals surface area (Å²) < 4.78 is 0. The van der Waals surface area contributed by atoms with E-state index in [4.69, 9.17) is 0 Å². The monoisotopic (exact) mass is 794 g/mol. The number of piperazine rings is 1. The second-order valence-electron chi connectivity index (χ2n) is 16.7. The number of carbonyl (C=O) groups excluding carboxylic acids is 6. The molecule has 1 aromatic heterocycles. The quantitative estimate of drug-likeness (QED) is 0.231. The highest BCUT2D eigenvalue weighted by Crippen LogP contribution is 2.46. The standard InChI is InChI=1S/C45H46N8O6/c1-4-26-21-30-31(45(2,3)41-39(40(30)56)28-9-8-25(23-46)20-33(28)48-41)22-35(26)51-14-12-27(13-15-51)50-16-18-52(19-17-50)37(55)24-47-32-7-5-6-29-38(32)44(59)53(43(29)58)34-10-11-36(54)49-42(34)57/h5-9,20-22,27,34,47-48H,4,10-19,24H2,1-3H3,(H,49,54,57). The average Bonchev–Trinajstić information content (AvgIpc) is 3.76. The first-order chi connectivity index (χ1) is 28.4. The number of H-pyrrole nitrogens is 1. The van der Waals surface area contributed by atoms with E-state index in [0.29, 0.717) is 35.9 Å². The van der Waals surface area contributed by atoms with Gasteiger partial charge in [0.2, 0.25) is 17.7 Å². The molecule has 59 heavy (non-hydrogen) atoms. The third kappa shape index (κ3) is 6.26. The first kappa shape index (κ1) is 38.2. The number of anilines is 2. The molecule has 4 aromatic rings. The number of nitriles is 1. The van der Waals surface area contributed by atoms with Gasteiger partial charge in [0.25, 0.3) is 11.8 Å². The van der Waals surface area contributed by atoms with Crippen LogP contribution >= 0.6 is 0 Å². The van der Waals surface area contributed by atoms with Gasteiger partial charge in [-0.05, 0) is 73.2 Å². The summed E-state index contributed by atoms with van der Waals surface area (Å²) in [5, 5.41) is 15.6. The number of nitrogens with one attached hydrogen (secondary N) is 3. The lowest BCUT2D eigenvalue weighted by Gasteiger charge is -2.44. The zero-order valence-corrected chi connectivity index (χ0v) is 33.4. The highest BCUT2D eigenvalue weighted by atomic mass is 16.2. The fourth-order valence-electron chi connectivity index (χ4n) is 9.91. The first-order valence-corrected chi connectivity index (χ1v) is 20.5. The molecule has 5 heterocycles. The zero-order valence-electron chi connectivity index (χ0n) is 33.4. The molecule has 1 aliphatic carbocycles. The summed E-state index contributed by atoms with van der Waals surface area (Å²) in [5.41, 5.74) is 7.23. The van der Waals surface area contributed by atoms with Gasteiger partial charge < -0.3 is 20.1 Å². The minimum atomic E-state index is -1.06. The number of rotatable bonds is 7. The van der Waals surface area contributed by atoms with Gasteiger partial charge in [-0.15, -0.1) is 0 Å². The van der Waals surface area contributed by atoms with E-state index in [1.165, 1.54) is 11.8 Å². The molecule has 9 rings (SSSR count). The largest absolute Gasteiger partial charge is 0.375 e. The van der Waals surface area contributed by atoms with Crippen molar-refractivity contribution < 1.29 is 28.8 Å². The zero-order chi connectivity index (χ0) is 41.3. The maximum atomic E-state index is 14.1. The number of benzene rings is 3. The van der Waals surface area contributed by atoms with Crippen molar-refractivity contribution in [1.82, 2.24) is 25.0 Å². The van der Waals surface area contributed by atoms with Crippen LogP contribution in [0.5, 0.6) is 0 Å². The molecular formula is C45H46N8O6. The highest BCUT2D eigenvalue weighted by molar-refractivity contribution is 6.25. The average molecular weight is 795 g/mol. The number of nitrogens with zero attached hydrogens (tertiary/aromatic N) is 5. The summed E-state index contributed by atoms with van der Waals surface area (Å²) in [6.07, 6.45) is 2.87. The number of carbonyl (C=O) groups is 6. The van der Waals surface area contributed by atoms with Crippen LogP contribution in [0.25, 0.3) is 10.9 Å². The van der Waals surface area contributed by atoms with Crippen LogP contribution in [-0.2, 0) is 26.2 Å². The van der Waals surface area contributed by atoms with Crippen LogP contribution in [0.15, 0.2) is 48.5 Å². The molecule has 4 aliphatic heterocycles. The van der Waals surface area contributed by atoms with Gasteiger partial charge in [0, 0.05) is 90.7 Å². The molecule has 0 spiro atoms. The van der Waals surface area contributed by atoms with E-state index in [1.54, 1.807) is 18.2 Å². The summed E-state index contributed by atoms with van der Waals surface area (Å²) in [5.74, 6) is -2.40. The van der Waals surface area contributed by atoms with Crippen LogP contribution in [0.2, 0.25) is 0 Å². The Kier molecular flexibility index (Phi) is 9.38. The number of imide groups is 2. The van der Waals surface area contributed by atoms with Gasteiger partial charge in [0.15, 0.2) is 5.78 Å². The maximum absolute atomic E-state index is 14.1. The molecule has 5 aliphatic rings. The van der Waals surface area contributed by atoms with E-state index in [0.717, 1.165) is 83.6 Å². The Labute approximate surface area is 341 Å². The van der Waals surface area contributed by atoms with Crippen molar-refractivity contribution in [3.8, 4) is 6.07 Å². The molecule has 0 saturated carbocycles. The van der Waals surface area contributed by atoms with Crippen LogP contribution < -0.4 is 15.5 Å². The Morgan fingerprint density at radius 2 is 1.66 bits per heavy atom. The van der Waals surface area contributed by atoms with E-state index in [1.807, 2.05) is 17.0 Å². The Morgan fingerprint density at radius 1 is 0.898 bits per heavy atom. The van der Waals surface area contributed by atoms with E-state index in [2.05, 4.69) is 64.4 Å². The van der Waals surface area contributed by atoms with Crippen LogP contribution in [0.1, 0.15) is 105 Å². The van der Waals surface area contributed by atoms with Crippen LogP contribution in [0.3, 0.4) is 0 Å². The van der Waals surface area contributed by atoms with Gasteiger partial charge in [-0.25, -0.2) is 0 Å². The fourth-order valence-corrected chi connectivity index (χ4v) is 9.91. The van der Waals surface area contributed by atoms with Gasteiger partial charge in [-0.1, -0.05) is 32.9 Å². The summed E-state index contributed by atoms with van der Waals surface area (Å²) >= 11 is 0. The van der Waals surface area contributed by atoms with Crippen LogP contribution in [0.4, 0.5) is 11.4 Å². The molecule has 3 saturated heterocycles. The maximum Gasteiger partial charge on any atom is 0.264 e. The predicted molar refractivity (Wildman–Crippen MR) is 219 cm³/mol. The van der Waals surface area contributed by atoms with Crippen LogP contribution in [-0.4, -0.2) is 113 Å². The number of aryl methyl sites for hydroxylation is 1. The number of hydrogen-bond donors (Lipinski definition) is 3. The third-order valence-electron chi connectivity index (χ3n) is 13.2. The van der Waals surface area contributed by atoms with Gasteiger partial charge >= 0.3 is 0 Å². The van der Waals surface area contributed by atoms with Crippen molar-refractivity contribution in [1.29, 1.82) is 5.26 Å². The minimum Gasteiger partial charge on any atom is -0.375 e. The number of aromatic amines is 1. The number of piperidine rings is 2. The van der Waals surface area contributed by atoms with E-state index >= 15 is 0 Å². The molecule has 302 valence electrons. The number of fused-ring (bicyclic) bond motifs is 5. The molecule has 1 atom stereocenters. The molecule has 3 aromatic carbocycles. The topological polar surface area (TPSA) is 179 Å². The van der Waals surface area contributed by atoms with Crippen molar-refractivity contribution in [3.63, 3.8) is 0 Å². The smallest absolute Gasteiger partial charge is 0.264 e. The Bertz CT molecular complexity index is 2530. The highest BCUT2D eigenvalue weighted by Gasteiger charge is 2.46. The Hall–Kier alpha value is -6.33. The minimum absolute atomic E-state index is 0.0205. The summed E-state index contributed by atoms with van der Waals surface area (Å²) in [4.78, 5) is 89.6. The lowest BCUT2D eigenvalue weighted by atomic mass is 9.70. The SMILES string of the molecule is CCc1cc2c(cc1N1CCC(N3CCN(C(=O)CNc4cccc5c4C(=O)N(C4CCC(=O)NC4=O)C5=O)CC3)CC1)C(C)(C)c1[nH]c3cc(C#N)ccc3c1C2=O. The van der Waals surface area contributed by atoms with Crippen molar-refractivity contribution in [3.05, 3.63) is 93.2 Å². The number of hydrogen-bond acceptors (Lipinski definition) is 10. The predicted octanol–water partition coefficient (Wildman–Crippen LogP) is 4.10. The summed E-state index contributed by atoms with van der Waals surface area (Å²) in [6.45, 7) is 10.8. The fraction of sp³-hybridized carbons (Fsp3) is 0.400. The van der Waals surface area contributed by atoms with Crippen molar-refractivity contribution in [2.75, 3.05) is 56.0 Å². The van der Waals surface area contributed by atoms with Gasteiger partial charge in [0.05, 0.1) is 34.9 Å². The molecule has 0 bridgehead atoms. The number of ketones is 1. The van der Waals surface area contributed by atoms with Gasteiger partial charge in [-0.2, -0.15) is 5.26 Å². The third-order valence-corrected chi connectivity index (χ3v) is 13.2. The van der Waals surface area contributed by atoms with E-state index in [-0.39, 0.29) is 42.2 Å². The molecule has 1 unspecified atom stereocenters. The van der Waals surface area contributed by atoms with Crippen molar-refractivity contribution >= 4 is 57.6 Å². The number of aromatic nitrogens is 1. The molecule has 0 radical (unpaired) electrons. The first-order valence-electron chi connectivity index (χ1n) is 20.5. The Balaban J connectivity index is 0.817. The second-order valence-corrected chi connectivity index (χ2v) is 16.7. The molecule has 3 N–H and O–H groups in total. The lowest BCUT2D eigenvalue weighted by Crippen LogP contribution is -2.55. The molecular weight excluding hydrogens is 749 g/mol. The summed E-state index contributed by atoms with van der Waals surface area (Å²) in [7, 11) is 0. The van der Waals surface area contributed by atoms with E-state index in [9.17, 15) is 34.0 Å². The number of amides is 5. The van der Waals surface area contributed by atoms with Crippen LogP contribution in [0, 0.1) is 11.3 Å². The lowest BCUT2D eigenvalue weighted by molar-refractivity contribution is -0.136. The molecule has 14 heteroatoms. The molecule has 14 nitrogen and oxygen atoms in total. The second kappa shape index (κ2) is 14.5. The molecule has 5 amide bonds. The Morgan fingerprint density at radius 3 is 2.37 bits per heavy atom. The normalized spacial score (nSPS) is 20.7. The van der Waals surface area contributed by atoms with Gasteiger partial charge in [0.1, 0.15) is 6.04 Å². The van der Waals surface area contributed by atoms with Crippen molar-refractivity contribution in [2.24, 2.45) is 0 Å². The van der Waals surface area contributed by atoms with Crippen molar-refractivity contribution in [2.45, 2.75) is 70.4 Å². The summed E-state index contributed by atoms with van der Waals surface area (Å²) in [6, 6.07) is 16.2. The van der Waals surface area contributed by atoms with Gasteiger partial charge in [-0.3, -0.25) is 43.9 Å². The molecule has 3 fully saturated rings.